The van der Waals surface area contributed by atoms with E-state index in [-0.39, 0.29) is 28.0 Å². The first-order chi connectivity index (χ1) is 32.6. The maximum absolute atomic E-state index is 14.2. The summed E-state index contributed by atoms with van der Waals surface area (Å²) in [6, 6.07) is 2.22. The molecule has 69 heavy (non-hydrogen) atoms. The fraction of sp³-hybridized carbons (Fsp3) is 0.511. The molecule has 374 valence electrons. The Morgan fingerprint density at radius 3 is 1.99 bits per heavy atom. The van der Waals surface area contributed by atoms with Crippen LogP contribution < -0.4 is 15.4 Å². The third kappa shape index (κ3) is 8.48. The Morgan fingerprint density at radius 1 is 0.725 bits per heavy atom. The minimum Gasteiger partial charge on any atom is -0.507 e. The topological polar surface area (TPSA) is 379 Å². The van der Waals surface area contributed by atoms with Crippen LogP contribution in [0.25, 0.3) is 11.1 Å². The van der Waals surface area contributed by atoms with Crippen molar-refractivity contribution in [1.29, 1.82) is 0 Å². The number of carboxylic acid groups (broad SMARTS) is 1. The summed E-state index contributed by atoms with van der Waals surface area (Å²) in [5.74, 6) is -6.85. The molecular weight excluding hydrogens is 920 g/mol. The Hall–Kier alpha value is -5.42. The number of methoxy groups -OCH3 is 1. The zero-order chi connectivity index (χ0) is 50.2. The number of phenols is 3. The molecule has 3 aromatic rings. The number of nitrogens with one attached hydrogen (secondary N) is 2. The minimum absolute atomic E-state index is 0.00366. The number of ether oxygens (including phenoxy) is 7. The van der Waals surface area contributed by atoms with Crippen LogP contribution in [0.1, 0.15) is 84.9 Å². The summed E-state index contributed by atoms with van der Waals surface area (Å²) >= 11 is 0. The molecular formula is C45H52N2O22. The fourth-order valence-electron chi connectivity index (χ4n) is 9.48. The average molecular weight is 973 g/mol. The van der Waals surface area contributed by atoms with Crippen molar-refractivity contribution in [1.82, 2.24) is 10.6 Å². The van der Waals surface area contributed by atoms with Crippen LogP contribution in [0.4, 0.5) is 0 Å². The van der Waals surface area contributed by atoms with Crippen molar-refractivity contribution in [2.45, 2.75) is 119 Å². The van der Waals surface area contributed by atoms with Gasteiger partial charge in [0.2, 0.25) is 0 Å². The van der Waals surface area contributed by atoms with Gasteiger partial charge in [-0.3, -0.25) is 19.2 Å². The molecule has 24 nitrogen and oxygen atoms in total. The molecule has 0 spiro atoms. The number of hydrogen-bond donors (Lipinski definition) is 13. The number of carbonyl (C=O) groups is 4. The highest BCUT2D eigenvalue weighted by atomic mass is 16.8. The Kier molecular flexibility index (Phi) is 13.8. The van der Waals surface area contributed by atoms with Crippen LogP contribution in [-0.2, 0) is 33.2 Å². The Balaban J connectivity index is 1.20. The summed E-state index contributed by atoms with van der Waals surface area (Å²) in [5.41, 5.74) is -3.70. The number of carboxylic acids is 1. The SMILES string of the molecule is CNC1C(C)OC(O[C@H]2c3cc(C)c(C(=O)NC(C)C(=O)O)c(O)c3-c3c(cc4c(c3O)C(=O)c3cc(OC)cc(O)c3C4=O)[C@@H]2O)C(O)C1OC1OCC(O)C(O)C1OC1OCC(O)C(O)C1O. The summed E-state index contributed by atoms with van der Waals surface area (Å²) < 4.78 is 40.8. The van der Waals surface area contributed by atoms with Gasteiger partial charge >= 0.3 is 5.97 Å². The lowest BCUT2D eigenvalue weighted by Crippen LogP contribution is -2.66. The van der Waals surface area contributed by atoms with Crippen molar-refractivity contribution < 1.29 is 109 Å². The number of benzene rings is 3. The molecule has 0 aromatic heterocycles. The number of ketones is 2. The Morgan fingerprint density at radius 2 is 1.33 bits per heavy atom. The molecule has 3 aromatic carbocycles. The highest BCUT2D eigenvalue weighted by molar-refractivity contribution is 6.31. The zero-order valence-corrected chi connectivity index (χ0v) is 37.4. The number of fused-ring (bicyclic) bond motifs is 5. The molecule has 0 saturated carbocycles. The van der Waals surface area contributed by atoms with Gasteiger partial charge in [0.1, 0.15) is 90.1 Å². The minimum atomic E-state index is -1.96. The highest BCUT2D eigenvalue weighted by Gasteiger charge is 2.53. The number of aliphatic carboxylic acids is 1. The third-order valence-electron chi connectivity index (χ3n) is 13.1. The Labute approximate surface area is 391 Å². The van der Waals surface area contributed by atoms with Crippen molar-refractivity contribution in [2.75, 3.05) is 27.4 Å². The largest absolute Gasteiger partial charge is 0.507 e. The molecule has 14 unspecified atom stereocenters. The monoisotopic (exact) mass is 972 g/mol. The summed E-state index contributed by atoms with van der Waals surface area (Å²) in [6.45, 7) is 3.12. The molecule has 1 amide bonds. The average Bonchev–Trinajstić information content (AvgIpc) is 3.30. The summed E-state index contributed by atoms with van der Waals surface area (Å²) in [4.78, 5) is 53.7. The van der Waals surface area contributed by atoms with Crippen LogP contribution in [0.3, 0.4) is 0 Å². The fourth-order valence-corrected chi connectivity index (χ4v) is 9.48. The van der Waals surface area contributed by atoms with E-state index in [1.54, 1.807) is 6.92 Å². The van der Waals surface area contributed by atoms with Gasteiger partial charge in [0.05, 0.1) is 49.2 Å². The van der Waals surface area contributed by atoms with Crippen molar-refractivity contribution in [2.24, 2.45) is 0 Å². The summed E-state index contributed by atoms with van der Waals surface area (Å²) in [6.07, 6.45) is -23.0. The highest BCUT2D eigenvalue weighted by Crippen LogP contribution is 2.57. The van der Waals surface area contributed by atoms with E-state index >= 15 is 0 Å². The van der Waals surface area contributed by atoms with Crippen molar-refractivity contribution in [3.8, 4) is 34.1 Å². The number of hydrogen-bond acceptors (Lipinski definition) is 22. The normalized spacial score (nSPS) is 33.4. The van der Waals surface area contributed by atoms with E-state index in [2.05, 4.69) is 10.6 Å². The summed E-state index contributed by atoms with van der Waals surface area (Å²) in [7, 11) is 2.76. The van der Waals surface area contributed by atoms with E-state index in [9.17, 15) is 75.3 Å². The standard InChI is InChI=1S/C45H52N2O22/c1-12-6-19-26(34(56)23(12)41(60)47-13(2)42(61)62)25-17(9-18-27(35(25)57)30(52)16-7-15(63-5)8-20(48)24(16)29(18)51)31(53)38(19)67-44-37(59)39(28(46-4)14(3)66-44)68-45-40(33(55)22(50)11-65-45)69-43-36(58)32(54)21(49)10-64-43/h6-9,13-14,21-22,28,31-33,36-40,43-46,48-50,53-59H,10-11H2,1-5H3,(H,47,60)(H,61,62)/t13?,14?,21?,22?,28?,31-,32?,33?,36?,37?,38-,39?,40?,43?,44?,45?/m0/s1. The first-order valence-corrected chi connectivity index (χ1v) is 21.7. The second kappa shape index (κ2) is 19.1. The van der Waals surface area contributed by atoms with Crippen molar-refractivity contribution in [3.05, 3.63) is 68.8 Å². The zero-order valence-electron chi connectivity index (χ0n) is 37.4. The predicted molar refractivity (Wildman–Crippen MR) is 227 cm³/mol. The van der Waals surface area contributed by atoms with Crippen LogP contribution in [0.2, 0.25) is 0 Å². The molecule has 2 aliphatic carbocycles. The van der Waals surface area contributed by atoms with E-state index in [1.807, 2.05) is 0 Å². The van der Waals surface area contributed by atoms with E-state index < -0.39 is 185 Å². The number of carbonyl (C=O) groups excluding carboxylic acids is 3. The van der Waals surface area contributed by atoms with Gasteiger partial charge in [0.25, 0.3) is 5.91 Å². The molecule has 13 N–H and O–H groups in total. The summed E-state index contributed by atoms with van der Waals surface area (Å²) in [5, 5.41) is 127. The first kappa shape index (κ1) is 50.0. The lowest BCUT2D eigenvalue weighted by molar-refractivity contribution is -0.367. The quantitative estimate of drug-likeness (QED) is 0.0762. The molecule has 3 saturated heterocycles. The molecule has 24 heteroatoms. The number of phenolic OH excluding ortho intramolecular Hbond substituents is 3. The molecule has 3 heterocycles. The number of rotatable bonds is 11. The maximum Gasteiger partial charge on any atom is 0.325 e. The molecule has 0 bridgehead atoms. The van der Waals surface area contributed by atoms with Gasteiger partial charge in [0, 0.05) is 28.3 Å². The number of aliphatic hydroxyl groups is 7. The van der Waals surface area contributed by atoms with E-state index in [4.69, 9.17) is 33.2 Å². The van der Waals surface area contributed by atoms with Crippen LogP contribution in [0.15, 0.2) is 24.3 Å². The number of amides is 1. The van der Waals surface area contributed by atoms with E-state index in [1.165, 1.54) is 40.1 Å². The van der Waals surface area contributed by atoms with E-state index in [0.29, 0.717) is 0 Å². The maximum atomic E-state index is 14.2. The second-order valence-electron chi connectivity index (χ2n) is 17.5. The lowest BCUT2D eigenvalue weighted by Gasteiger charge is -2.48. The third-order valence-corrected chi connectivity index (χ3v) is 13.1. The lowest BCUT2D eigenvalue weighted by atomic mass is 9.74. The van der Waals surface area contributed by atoms with Gasteiger partial charge in [-0.1, -0.05) is 6.07 Å². The van der Waals surface area contributed by atoms with Gasteiger partial charge in [-0.05, 0) is 56.6 Å². The molecule has 3 fully saturated rings. The van der Waals surface area contributed by atoms with E-state index in [0.717, 1.165) is 12.1 Å². The molecule has 5 aliphatic rings. The number of aliphatic hydroxyl groups excluding tert-OH is 7. The molecule has 3 aliphatic heterocycles. The number of aromatic hydroxyl groups is 3. The smallest absolute Gasteiger partial charge is 0.325 e. The van der Waals surface area contributed by atoms with Gasteiger partial charge in [-0.25, -0.2) is 0 Å². The second-order valence-corrected chi connectivity index (χ2v) is 17.5. The van der Waals surface area contributed by atoms with Gasteiger partial charge in [-0.2, -0.15) is 0 Å². The van der Waals surface area contributed by atoms with Crippen LogP contribution >= 0.6 is 0 Å². The van der Waals surface area contributed by atoms with Crippen LogP contribution in [0.5, 0.6) is 23.0 Å². The predicted octanol–water partition coefficient (Wildman–Crippen LogP) is -2.15. The van der Waals surface area contributed by atoms with Gasteiger partial charge in [0.15, 0.2) is 30.4 Å². The molecule has 0 radical (unpaired) electrons. The van der Waals surface area contributed by atoms with Crippen molar-refractivity contribution >= 4 is 23.4 Å². The molecule has 8 rings (SSSR count). The first-order valence-electron chi connectivity index (χ1n) is 21.7. The van der Waals surface area contributed by atoms with Gasteiger partial charge < -0.3 is 100.0 Å². The molecule has 16 atom stereocenters. The Bertz CT molecular complexity index is 2550. The van der Waals surface area contributed by atoms with Crippen LogP contribution in [0, 0.1) is 6.92 Å². The number of aryl methyl sites for hydroxylation is 1. The van der Waals surface area contributed by atoms with Crippen molar-refractivity contribution in [3.63, 3.8) is 0 Å². The van der Waals surface area contributed by atoms with Gasteiger partial charge in [-0.15, -0.1) is 0 Å². The number of likely N-dealkylation sites (N-methyl/N-ethyl adjacent to an activating group) is 1. The van der Waals surface area contributed by atoms with Crippen LogP contribution in [-0.4, -0.2) is 193 Å².